The van der Waals surface area contributed by atoms with Gasteiger partial charge in [0.1, 0.15) is 0 Å². The Morgan fingerprint density at radius 2 is 1.39 bits per heavy atom. The first-order valence-electron chi connectivity index (χ1n) is 12.3. The number of carbonyl (C=O) groups excluding carboxylic acids is 1. The van der Waals surface area contributed by atoms with Crippen molar-refractivity contribution < 1.29 is 22.7 Å². The van der Waals surface area contributed by atoms with Crippen LogP contribution in [-0.2, 0) is 17.5 Å². The molecular formula is C29H29F3N2O2. The van der Waals surface area contributed by atoms with Gasteiger partial charge < -0.3 is 4.74 Å². The second-order valence-electron chi connectivity index (χ2n) is 9.73. The number of hydrogen-bond donors (Lipinski definition) is 0. The average Bonchev–Trinajstić information content (AvgIpc) is 3.12. The summed E-state index contributed by atoms with van der Waals surface area (Å²) in [6.07, 6.45) is -2.77. The summed E-state index contributed by atoms with van der Waals surface area (Å²) in [4.78, 5) is 17.1. The van der Waals surface area contributed by atoms with E-state index in [0.29, 0.717) is 35.7 Å². The molecule has 4 nitrogen and oxygen atoms in total. The maximum atomic E-state index is 13.3. The summed E-state index contributed by atoms with van der Waals surface area (Å²) in [7, 11) is 0. The molecule has 2 fully saturated rings. The van der Waals surface area contributed by atoms with Crippen LogP contribution in [0, 0.1) is 17.8 Å². The van der Waals surface area contributed by atoms with Gasteiger partial charge in [0.15, 0.2) is 0 Å². The van der Waals surface area contributed by atoms with E-state index in [-0.39, 0.29) is 0 Å². The predicted molar refractivity (Wildman–Crippen MR) is 133 cm³/mol. The van der Waals surface area contributed by atoms with Crippen molar-refractivity contribution in [2.45, 2.75) is 25.6 Å². The molecule has 1 aliphatic carbocycles. The van der Waals surface area contributed by atoms with Gasteiger partial charge in [-0.1, -0.05) is 48.5 Å². The Morgan fingerprint density at radius 1 is 0.833 bits per heavy atom. The zero-order valence-electron chi connectivity index (χ0n) is 19.9. The molecule has 2 aliphatic rings. The van der Waals surface area contributed by atoms with Gasteiger partial charge in [-0.05, 0) is 66.6 Å². The molecule has 0 aromatic heterocycles. The zero-order valence-corrected chi connectivity index (χ0v) is 19.9. The van der Waals surface area contributed by atoms with Crippen LogP contribution in [0.1, 0.15) is 24.0 Å². The molecule has 1 saturated heterocycles. The molecule has 1 amide bonds. The van der Waals surface area contributed by atoms with Gasteiger partial charge in [-0.15, -0.1) is 0 Å². The lowest BCUT2D eigenvalue weighted by molar-refractivity contribution is -0.137. The lowest BCUT2D eigenvalue weighted by Crippen LogP contribution is -2.43. The molecule has 188 valence electrons. The van der Waals surface area contributed by atoms with E-state index in [2.05, 4.69) is 29.2 Å². The number of nitrogens with zero attached hydrogens (tertiary/aromatic N) is 2. The molecule has 1 aliphatic heterocycles. The molecular weight excluding hydrogens is 465 g/mol. The van der Waals surface area contributed by atoms with E-state index in [0.717, 1.165) is 44.6 Å². The quantitative estimate of drug-likeness (QED) is 0.365. The van der Waals surface area contributed by atoms with Crippen LogP contribution in [0.2, 0.25) is 0 Å². The number of piperidine rings is 1. The lowest BCUT2D eigenvalue weighted by Gasteiger charge is -2.38. The van der Waals surface area contributed by atoms with Crippen molar-refractivity contribution in [3.05, 3.63) is 96.1 Å². The predicted octanol–water partition coefficient (Wildman–Crippen LogP) is 7.14. The van der Waals surface area contributed by atoms with Gasteiger partial charge in [-0.3, -0.25) is 4.90 Å². The van der Waals surface area contributed by atoms with Crippen molar-refractivity contribution in [1.29, 1.82) is 0 Å². The fourth-order valence-electron chi connectivity index (χ4n) is 5.64. The zero-order chi connectivity index (χ0) is 25.1. The first-order chi connectivity index (χ1) is 17.4. The highest BCUT2D eigenvalue weighted by Crippen LogP contribution is 2.42. The van der Waals surface area contributed by atoms with Gasteiger partial charge in [0.05, 0.1) is 23.5 Å². The van der Waals surface area contributed by atoms with Gasteiger partial charge in [0.25, 0.3) is 0 Å². The van der Waals surface area contributed by atoms with E-state index in [9.17, 15) is 18.0 Å². The maximum Gasteiger partial charge on any atom is 0.418 e. The minimum absolute atomic E-state index is 0.297. The highest BCUT2D eigenvalue weighted by Gasteiger charge is 2.42. The topological polar surface area (TPSA) is 32.8 Å². The normalized spacial score (nSPS) is 21.8. The van der Waals surface area contributed by atoms with Crippen LogP contribution < -0.4 is 4.90 Å². The second kappa shape index (κ2) is 10.3. The first kappa shape index (κ1) is 24.4. The van der Waals surface area contributed by atoms with E-state index in [4.69, 9.17) is 4.74 Å². The Labute approximate surface area is 209 Å². The third kappa shape index (κ3) is 5.41. The smallest absolute Gasteiger partial charge is 0.418 e. The number of likely N-dealkylation sites (tertiary alicyclic amines) is 1. The maximum absolute atomic E-state index is 13.3. The van der Waals surface area contributed by atoms with Gasteiger partial charge in [0.2, 0.25) is 0 Å². The molecule has 3 aromatic carbocycles. The number of rotatable bonds is 6. The Balaban J connectivity index is 1.26. The van der Waals surface area contributed by atoms with E-state index < -0.39 is 17.8 Å². The summed E-state index contributed by atoms with van der Waals surface area (Å²) in [5, 5.41) is 0. The molecule has 0 spiro atoms. The molecule has 5 rings (SSSR count). The van der Waals surface area contributed by atoms with E-state index >= 15 is 0 Å². The number of alkyl halides is 3. The summed E-state index contributed by atoms with van der Waals surface area (Å²) >= 11 is 0. The van der Waals surface area contributed by atoms with Crippen molar-refractivity contribution in [3.63, 3.8) is 0 Å². The number of amides is 1. The van der Waals surface area contributed by atoms with Crippen LogP contribution in [0.4, 0.5) is 29.3 Å². The van der Waals surface area contributed by atoms with E-state index in [1.165, 1.54) is 22.6 Å². The number of fused-ring (bicyclic) bond motifs is 2. The fourth-order valence-corrected chi connectivity index (χ4v) is 5.64. The Morgan fingerprint density at radius 3 is 1.97 bits per heavy atom. The molecule has 2 atom stereocenters. The van der Waals surface area contributed by atoms with Crippen LogP contribution >= 0.6 is 0 Å². The number of halogens is 3. The molecule has 0 radical (unpaired) electrons. The minimum Gasteiger partial charge on any atom is -0.449 e. The first-order valence-corrected chi connectivity index (χ1v) is 12.3. The van der Waals surface area contributed by atoms with Crippen LogP contribution in [0.25, 0.3) is 0 Å². The summed E-state index contributed by atoms with van der Waals surface area (Å²) in [6, 6.07) is 23.9. The highest BCUT2D eigenvalue weighted by atomic mass is 19.4. The van der Waals surface area contributed by atoms with Crippen LogP contribution in [0.3, 0.4) is 0 Å². The molecule has 36 heavy (non-hydrogen) atoms. The number of carbonyl (C=O) groups is 1. The molecule has 3 aromatic rings. The molecule has 7 heteroatoms. The summed E-state index contributed by atoms with van der Waals surface area (Å²) < 4.78 is 45.0. The van der Waals surface area contributed by atoms with Gasteiger partial charge in [-0.25, -0.2) is 9.69 Å². The van der Waals surface area contributed by atoms with Crippen molar-refractivity contribution in [2.75, 3.05) is 24.6 Å². The van der Waals surface area contributed by atoms with Crippen molar-refractivity contribution in [3.8, 4) is 0 Å². The summed E-state index contributed by atoms with van der Waals surface area (Å²) in [5.74, 6) is 1.24. The Hall–Kier alpha value is -3.32. The van der Waals surface area contributed by atoms with E-state index in [1.807, 2.05) is 12.1 Å². The third-order valence-electron chi connectivity index (χ3n) is 7.40. The third-order valence-corrected chi connectivity index (χ3v) is 7.40. The summed E-state index contributed by atoms with van der Waals surface area (Å²) in [6.45, 7) is 3.21. The van der Waals surface area contributed by atoms with Gasteiger partial charge in [0, 0.05) is 25.6 Å². The van der Waals surface area contributed by atoms with Gasteiger partial charge >= 0.3 is 12.3 Å². The standard InChI is InChI=1S/C29H29F3N2O2/c30-29(31,32)24-13-15-26(16-14-24)34(25-9-5-2-6-10-25)28(35)36-20-27-22-11-12-23(27)19-33(18-22)17-21-7-3-1-4-8-21/h1-10,13-16,22-23,27H,11-12,17-20H2. The summed E-state index contributed by atoms with van der Waals surface area (Å²) in [5.41, 5.74) is 1.42. The molecule has 2 bridgehead atoms. The lowest BCUT2D eigenvalue weighted by atomic mass is 9.85. The Kier molecular flexibility index (Phi) is 7.01. The van der Waals surface area contributed by atoms with Crippen molar-refractivity contribution in [1.82, 2.24) is 4.90 Å². The second-order valence-corrected chi connectivity index (χ2v) is 9.73. The molecule has 0 N–H and O–H groups in total. The van der Waals surface area contributed by atoms with Crippen molar-refractivity contribution >= 4 is 17.5 Å². The van der Waals surface area contributed by atoms with Crippen LogP contribution in [0.15, 0.2) is 84.9 Å². The van der Waals surface area contributed by atoms with E-state index in [1.54, 1.807) is 24.3 Å². The fraction of sp³-hybridized carbons (Fsp3) is 0.345. The largest absolute Gasteiger partial charge is 0.449 e. The number of ether oxygens (including phenoxy) is 1. The van der Waals surface area contributed by atoms with Gasteiger partial charge in [-0.2, -0.15) is 13.2 Å². The molecule has 2 unspecified atom stereocenters. The van der Waals surface area contributed by atoms with Crippen molar-refractivity contribution in [2.24, 2.45) is 17.8 Å². The average molecular weight is 495 g/mol. The number of hydrogen-bond acceptors (Lipinski definition) is 3. The number of para-hydroxylation sites is 1. The SMILES string of the molecule is O=C(OCC1C2CCC1CN(Cc1ccccc1)C2)N(c1ccccc1)c1ccc(C(F)(F)F)cc1. The van der Waals surface area contributed by atoms with Crippen LogP contribution in [-0.4, -0.2) is 30.7 Å². The molecule has 1 heterocycles. The highest BCUT2D eigenvalue weighted by molar-refractivity contribution is 5.96. The molecule has 1 saturated carbocycles. The number of benzene rings is 3. The number of anilines is 2. The van der Waals surface area contributed by atoms with Crippen LogP contribution in [0.5, 0.6) is 0 Å². The Bertz CT molecular complexity index is 1140. The minimum atomic E-state index is -4.44. The monoisotopic (exact) mass is 494 g/mol.